The molecule has 2 aliphatic heterocycles. The van der Waals surface area contributed by atoms with Crippen molar-refractivity contribution in [3.8, 4) is 0 Å². The smallest absolute Gasteiger partial charge is 0.255 e. The van der Waals surface area contributed by atoms with Crippen molar-refractivity contribution in [2.24, 2.45) is 5.92 Å². The number of amides is 2. The number of aromatic nitrogens is 1. The van der Waals surface area contributed by atoms with Gasteiger partial charge in [-0.25, -0.2) is 0 Å². The molecule has 26 heavy (non-hydrogen) atoms. The van der Waals surface area contributed by atoms with Gasteiger partial charge in [-0.15, -0.1) is 0 Å². The van der Waals surface area contributed by atoms with E-state index in [9.17, 15) is 14.4 Å². The summed E-state index contributed by atoms with van der Waals surface area (Å²) in [5.41, 5.74) is 0.225. The van der Waals surface area contributed by atoms with E-state index in [1.54, 1.807) is 24.3 Å². The summed E-state index contributed by atoms with van der Waals surface area (Å²) in [6.07, 6.45) is 2.95. The van der Waals surface area contributed by atoms with E-state index in [2.05, 4.69) is 10.3 Å². The van der Waals surface area contributed by atoms with E-state index < -0.39 is 0 Å². The Morgan fingerprint density at radius 2 is 2.00 bits per heavy atom. The molecule has 1 aromatic heterocycles. The van der Waals surface area contributed by atoms with Crippen LogP contribution in [0.3, 0.4) is 0 Å². The number of carbonyl (C=O) groups excluding carboxylic acids is 2. The van der Waals surface area contributed by atoms with E-state index in [1.807, 2.05) is 4.90 Å². The van der Waals surface area contributed by atoms with Gasteiger partial charge in [-0.2, -0.15) is 0 Å². The number of nitrogens with one attached hydrogen (secondary N) is 2. The molecular formula is C19H21N3O4. The average molecular weight is 355 g/mol. The zero-order valence-corrected chi connectivity index (χ0v) is 14.4. The lowest BCUT2D eigenvalue weighted by molar-refractivity contribution is -0.134. The Kier molecular flexibility index (Phi) is 4.46. The number of rotatable bonds is 3. The maximum Gasteiger partial charge on any atom is 0.255 e. The van der Waals surface area contributed by atoms with E-state index in [-0.39, 0.29) is 29.3 Å². The lowest BCUT2D eigenvalue weighted by atomic mass is 10.1. The van der Waals surface area contributed by atoms with Crippen molar-refractivity contribution in [3.05, 3.63) is 46.4 Å². The summed E-state index contributed by atoms with van der Waals surface area (Å²) in [5.74, 6) is -0.165. The maximum atomic E-state index is 12.7. The van der Waals surface area contributed by atoms with E-state index >= 15 is 0 Å². The van der Waals surface area contributed by atoms with Gasteiger partial charge in [-0.3, -0.25) is 14.4 Å². The molecule has 2 amide bonds. The number of nitrogens with zero attached hydrogens (tertiary/aromatic N) is 1. The highest BCUT2D eigenvalue weighted by atomic mass is 16.5. The van der Waals surface area contributed by atoms with E-state index in [4.69, 9.17) is 4.74 Å². The fourth-order valence-corrected chi connectivity index (χ4v) is 3.73. The molecule has 0 aliphatic carbocycles. The van der Waals surface area contributed by atoms with Gasteiger partial charge in [0.15, 0.2) is 0 Å². The molecule has 2 aromatic rings. The number of hydrogen-bond donors (Lipinski definition) is 2. The third-order valence-corrected chi connectivity index (χ3v) is 5.17. The minimum Gasteiger partial charge on any atom is -0.381 e. The van der Waals surface area contributed by atoms with E-state index in [0.717, 1.165) is 12.8 Å². The number of aromatic amines is 1. The molecule has 1 aromatic carbocycles. The fraction of sp³-hybridized carbons (Fsp3) is 0.421. The van der Waals surface area contributed by atoms with Gasteiger partial charge >= 0.3 is 0 Å². The Balaban J connectivity index is 1.45. The molecule has 2 atom stereocenters. The summed E-state index contributed by atoms with van der Waals surface area (Å²) >= 11 is 0. The van der Waals surface area contributed by atoms with Crippen molar-refractivity contribution in [2.75, 3.05) is 26.3 Å². The second-order valence-corrected chi connectivity index (χ2v) is 6.88. The summed E-state index contributed by atoms with van der Waals surface area (Å²) in [7, 11) is 0. The summed E-state index contributed by atoms with van der Waals surface area (Å²) in [6, 6.07) is 6.96. The average Bonchev–Trinajstić information content (AvgIpc) is 3.34. The first-order valence-corrected chi connectivity index (χ1v) is 8.91. The van der Waals surface area contributed by atoms with Crippen molar-refractivity contribution >= 4 is 22.6 Å². The Hall–Kier alpha value is -2.67. The first-order valence-electron chi connectivity index (χ1n) is 8.91. The number of likely N-dealkylation sites (tertiary alicyclic amines) is 1. The molecule has 0 bridgehead atoms. The molecule has 7 heteroatoms. The molecule has 0 saturated carbocycles. The zero-order valence-electron chi connectivity index (χ0n) is 14.4. The van der Waals surface area contributed by atoms with Crippen LogP contribution in [0.25, 0.3) is 10.8 Å². The van der Waals surface area contributed by atoms with Crippen molar-refractivity contribution in [1.29, 1.82) is 0 Å². The van der Waals surface area contributed by atoms with Crippen LogP contribution in [0.4, 0.5) is 0 Å². The Morgan fingerprint density at radius 3 is 2.77 bits per heavy atom. The Morgan fingerprint density at radius 1 is 1.19 bits per heavy atom. The topological polar surface area (TPSA) is 91.5 Å². The lowest BCUT2D eigenvalue weighted by Crippen LogP contribution is -2.40. The van der Waals surface area contributed by atoms with Crippen LogP contribution in [0, 0.1) is 5.92 Å². The van der Waals surface area contributed by atoms with Crippen molar-refractivity contribution in [2.45, 2.75) is 18.9 Å². The molecule has 7 nitrogen and oxygen atoms in total. The van der Waals surface area contributed by atoms with Gasteiger partial charge in [0.25, 0.3) is 11.5 Å². The minimum absolute atomic E-state index is 0.0485. The van der Waals surface area contributed by atoms with Gasteiger partial charge in [-0.1, -0.05) is 18.2 Å². The SMILES string of the molecule is O=C(NC1CCN(C(=O)C2CCOC2)C1)c1c[nH]c(=O)c2ccccc12. The van der Waals surface area contributed by atoms with Crippen molar-refractivity contribution in [3.63, 3.8) is 0 Å². The van der Waals surface area contributed by atoms with Crippen LogP contribution in [-0.2, 0) is 9.53 Å². The predicted molar refractivity (Wildman–Crippen MR) is 95.9 cm³/mol. The molecule has 3 heterocycles. The fourth-order valence-electron chi connectivity index (χ4n) is 3.73. The number of fused-ring (bicyclic) bond motifs is 1. The molecule has 2 N–H and O–H groups in total. The van der Waals surface area contributed by atoms with Crippen LogP contribution in [0.15, 0.2) is 35.3 Å². The number of ether oxygens (including phenoxy) is 1. The number of pyridine rings is 1. The van der Waals surface area contributed by atoms with Crippen molar-refractivity contribution < 1.29 is 14.3 Å². The third-order valence-electron chi connectivity index (χ3n) is 5.17. The highest BCUT2D eigenvalue weighted by Gasteiger charge is 2.33. The van der Waals surface area contributed by atoms with Gasteiger partial charge in [0.2, 0.25) is 5.91 Å². The minimum atomic E-state index is -0.235. The van der Waals surface area contributed by atoms with Crippen LogP contribution in [0.1, 0.15) is 23.2 Å². The van der Waals surface area contributed by atoms with Gasteiger partial charge in [0.05, 0.1) is 18.1 Å². The monoisotopic (exact) mass is 355 g/mol. The van der Waals surface area contributed by atoms with Gasteiger partial charge in [0.1, 0.15) is 0 Å². The van der Waals surface area contributed by atoms with E-state index in [0.29, 0.717) is 42.6 Å². The molecular weight excluding hydrogens is 334 g/mol. The van der Waals surface area contributed by atoms with Crippen LogP contribution in [-0.4, -0.2) is 54.0 Å². The standard InChI is InChI=1S/C19H21N3O4/c23-17-15-4-2-1-3-14(15)16(9-20-17)18(24)21-13-5-7-22(10-13)19(25)12-6-8-26-11-12/h1-4,9,12-13H,5-8,10-11H2,(H,20,23)(H,21,24). The predicted octanol–water partition coefficient (Wildman–Crippen LogP) is 0.895. The quantitative estimate of drug-likeness (QED) is 0.856. The second kappa shape index (κ2) is 6.92. The Bertz CT molecular complexity index is 901. The molecule has 136 valence electrons. The molecule has 2 unspecified atom stereocenters. The number of hydrogen-bond acceptors (Lipinski definition) is 4. The first kappa shape index (κ1) is 16.8. The van der Waals surface area contributed by atoms with Gasteiger partial charge in [0, 0.05) is 42.7 Å². The maximum absolute atomic E-state index is 12.7. The van der Waals surface area contributed by atoms with Crippen LogP contribution < -0.4 is 10.9 Å². The van der Waals surface area contributed by atoms with Crippen LogP contribution in [0.5, 0.6) is 0 Å². The van der Waals surface area contributed by atoms with Gasteiger partial charge < -0.3 is 19.9 Å². The second-order valence-electron chi connectivity index (χ2n) is 6.88. The molecule has 2 saturated heterocycles. The lowest BCUT2D eigenvalue weighted by Gasteiger charge is -2.20. The summed E-state index contributed by atoms with van der Waals surface area (Å²) in [6.45, 7) is 2.30. The normalized spacial score (nSPS) is 22.7. The van der Waals surface area contributed by atoms with Gasteiger partial charge in [-0.05, 0) is 18.9 Å². The highest BCUT2D eigenvalue weighted by molar-refractivity contribution is 6.06. The van der Waals surface area contributed by atoms with Crippen molar-refractivity contribution in [1.82, 2.24) is 15.2 Å². The zero-order chi connectivity index (χ0) is 18.1. The molecule has 0 radical (unpaired) electrons. The van der Waals surface area contributed by atoms with Crippen LogP contribution in [0.2, 0.25) is 0 Å². The summed E-state index contributed by atoms with van der Waals surface area (Å²) < 4.78 is 5.29. The molecule has 2 aliphatic rings. The third kappa shape index (κ3) is 3.10. The summed E-state index contributed by atoms with van der Waals surface area (Å²) in [5, 5.41) is 4.11. The number of H-pyrrole nitrogens is 1. The number of carbonyl (C=O) groups is 2. The molecule has 2 fully saturated rings. The van der Waals surface area contributed by atoms with Crippen LogP contribution >= 0.6 is 0 Å². The van der Waals surface area contributed by atoms with E-state index in [1.165, 1.54) is 6.20 Å². The summed E-state index contributed by atoms with van der Waals surface area (Å²) in [4.78, 5) is 41.5. The first-order chi connectivity index (χ1) is 12.6. The largest absolute Gasteiger partial charge is 0.381 e. The molecule has 0 spiro atoms. The number of benzene rings is 1. The molecule has 4 rings (SSSR count). The Labute approximate surface area is 150 Å². The highest BCUT2D eigenvalue weighted by Crippen LogP contribution is 2.20.